The number of amides is 1. The molecule has 2 aliphatic heterocycles. The van der Waals surface area contributed by atoms with Crippen molar-refractivity contribution in [1.82, 2.24) is 9.80 Å². The number of likely N-dealkylation sites (tertiary alicyclic amines) is 1. The lowest BCUT2D eigenvalue weighted by atomic mass is 9.91. The first kappa shape index (κ1) is 13.7. The quantitative estimate of drug-likeness (QED) is 0.736. The van der Waals surface area contributed by atoms with Crippen LogP contribution in [0.15, 0.2) is 18.2 Å². The van der Waals surface area contributed by atoms with Gasteiger partial charge in [0.1, 0.15) is 11.4 Å². The van der Waals surface area contributed by atoms with Gasteiger partial charge in [-0.05, 0) is 25.2 Å². The molecule has 1 aromatic carbocycles. The molecule has 0 bridgehead atoms. The number of hydrogen-bond acceptors (Lipinski definition) is 3. The van der Waals surface area contributed by atoms with Crippen molar-refractivity contribution < 1.29 is 9.53 Å². The number of nitrogens with zero attached hydrogens (tertiary/aromatic N) is 2. The third kappa shape index (κ3) is 2.38. The number of carbonyl (C=O) groups is 1. The first-order valence-corrected chi connectivity index (χ1v) is 7.29. The van der Waals surface area contributed by atoms with Crippen molar-refractivity contribution in [2.24, 2.45) is 0 Å². The van der Waals surface area contributed by atoms with Gasteiger partial charge in [0.2, 0.25) is 0 Å². The zero-order valence-corrected chi connectivity index (χ0v) is 12.6. The Balaban J connectivity index is 1.99. The minimum absolute atomic E-state index is 0.00692. The highest BCUT2D eigenvalue weighted by Crippen LogP contribution is 2.36. The van der Waals surface area contributed by atoms with Gasteiger partial charge in [0, 0.05) is 38.0 Å². The Hall–Kier alpha value is -1.26. The largest absolute Gasteiger partial charge is 0.484 e. The lowest BCUT2D eigenvalue weighted by Crippen LogP contribution is -2.52. The molecule has 108 valence electrons. The second kappa shape index (κ2) is 4.93. The molecule has 1 fully saturated rings. The molecule has 1 aromatic rings. The molecule has 0 radical (unpaired) electrons. The number of rotatable bonds is 0. The maximum absolute atomic E-state index is 12.4. The van der Waals surface area contributed by atoms with Crippen LogP contribution in [0.2, 0.25) is 5.02 Å². The molecule has 5 heteroatoms. The van der Waals surface area contributed by atoms with E-state index in [-0.39, 0.29) is 11.5 Å². The third-order valence-corrected chi connectivity index (χ3v) is 4.51. The molecule has 0 aromatic heterocycles. The molecule has 1 spiro atoms. The SMILES string of the molecule is CN1CCC2(CC1)CN(C)C(=O)c1ccc(Cl)cc1O2. The van der Waals surface area contributed by atoms with Crippen molar-refractivity contribution in [3.05, 3.63) is 28.8 Å². The molecule has 0 unspecified atom stereocenters. The first-order valence-electron chi connectivity index (χ1n) is 6.92. The monoisotopic (exact) mass is 294 g/mol. The molecule has 20 heavy (non-hydrogen) atoms. The van der Waals surface area contributed by atoms with Crippen LogP contribution < -0.4 is 4.74 Å². The predicted molar refractivity (Wildman–Crippen MR) is 78.5 cm³/mol. The van der Waals surface area contributed by atoms with Crippen molar-refractivity contribution in [3.8, 4) is 5.75 Å². The highest BCUT2D eigenvalue weighted by atomic mass is 35.5. The van der Waals surface area contributed by atoms with E-state index in [1.165, 1.54) is 0 Å². The van der Waals surface area contributed by atoms with E-state index in [0.29, 0.717) is 22.9 Å². The Kier molecular flexibility index (Phi) is 3.38. The smallest absolute Gasteiger partial charge is 0.257 e. The summed E-state index contributed by atoms with van der Waals surface area (Å²) >= 11 is 6.05. The van der Waals surface area contributed by atoms with E-state index < -0.39 is 0 Å². The number of likely N-dealkylation sites (N-methyl/N-ethyl adjacent to an activating group) is 1. The molecule has 4 nitrogen and oxygen atoms in total. The summed E-state index contributed by atoms with van der Waals surface area (Å²) in [6.45, 7) is 2.60. The number of hydrogen-bond donors (Lipinski definition) is 0. The summed E-state index contributed by atoms with van der Waals surface area (Å²) in [6.07, 6.45) is 1.85. The summed E-state index contributed by atoms with van der Waals surface area (Å²) in [5.74, 6) is 0.629. The maximum Gasteiger partial charge on any atom is 0.257 e. The highest BCUT2D eigenvalue weighted by Gasteiger charge is 2.41. The van der Waals surface area contributed by atoms with Gasteiger partial charge in [-0.15, -0.1) is 0 Å². The molecule has 0 atom stereocenters. The molecule has 3 rings (SSSR count). The summed E-state index contributed by atoms with van der Waals surface area (Å²) in [4.78, 5) is 16.5. The zero-order chi connectivity index (χ0) is 14.3. The number of benzene rings is 1. The fraction of sp³-hybridized carbons (Fsp3) is 0.533. The van der Waals surface area contributed by atoms with Crippen LogP contribution in [-0.4, -0.2) is 55.0 Å². The van der Waals surface area contributed by atoms with Gasteiger partial charge in [-0.2, -0.15) is 0 Å². The summed E-state index contributed by atoms with van der Waals surface area (Å²) in [6, 6.07) is 5.25. The van der Waals surface area contributed by atoms with Crippen LogP contribution >= 0.6 is 11.6 Å². The Labute approximate surface area is 124 Å². The van der Waals surface area contributed by atoms with E-state index >= 15 is 0 Å². The van der Waals surface area contributed by atoms with Crippen LogP contribution in [0.5, 0.6) is 5.75 Å². The van der Waals surface area contributed by atoms with Crippen LogP contribution in [0.25, 0.3) is 0 Å². The Bertz CT molecular complexity index is 539. The van der Waals surface area contributed by atoms with E-state index in [1.807, 2.05) is 7.05 Å². The van der Waals surface area contributed by atoms with Gasteiger partial charge in [0.05, 0.1) is 12.1 Å². The average Bonchev–Trinajstić information content (AvgIpc) is 2.50. The molecule has 0 N–H and O–H groups in total. The van der Waals surface area contributed by atoms with Crippen LogP contribution in [0.4, 0.5) is 0 Å². The summed E-state index contributed by atoms with van der Waals surface area (Å²) in [5, 5.41) is 0.601. The average molecular weight is 295 g/mol. The first-order chi connectivity index (χ1) is 9.49. The van der Waals surface area contributed by atoms with E-state index in [4.69, 9.17) is 16.3 Å². The highest BCUT2D eigenvalue weighted by molar-refractivity contribution is 6.30. The number of piperidine rings is 1. The predicted octanol–water partition coefficient (Wildman–Crippen LogP) is 2.27. The van der Waals surface area contributed by atoms with Gasteiger partial charge in [-0.1, -0.05) is 11.6 Å². The number of fused-ring (bicyclic) bond motifs is 1. The van der Waals surface area contributed by atoms with Crippen molar-refractivity contribution in [3.63, 3.8) is 0 Å². The van der Waals surface area contributed by atoms with Crippen molar-refractivity contribution in [2.45, 2.75) is 18.4 Å². The standard InChI is InChI=1S/C15H19ClN2O2/c1-17-7-5-15(6-8-17)10-18(2)14(19)12-4-3-11(16)9-13(12)20-15/h3-4,9H,5-8,10H2,1-2H3. The maximum atomic E-state index is 12.4. The number of halogens is 1. The minimum Gasteiger partial charge on any atom is -0.484 e. The molecule has 0 saturated carbocycles. The van der Waals surface area contributed by atoms with E-state index in [2.05, 4.69) is 11.9 Å². The van der Waals surface area contributed by atoms with Gasteiger partial charge in [0.15, 0.2) is 0 Å². The number of ether oxygens (including phenoxy) is 1. The third-order valence-electron chi connectivity index (χ3n) is 4.27. The molecule has 0 aliphatic carbocycles. The fourth-order valence-corrected chi connectivity index (χ4v) is 3.18. The summed E-state index contributed by atoms with van der Waals surface area (Å²) in [5.41, 5.74) is 0.319. The molecule has 2 heterocycles. The summed E-state index contributed by atoms with van der Waals surface area (Å²) in [7, 11) is 3.96. The van der Waals surface area contributed by atoms with Gasteiger partial charge in [0.25, 0.3) is 5.91 Å². The normalized spacial score (nSPS) is 22.4. The topological polar surface area (TPSA) is 32.8 Å². The van der Waals surface area contributed by atoms with Gasteiger partial charge >= 0.3 is 0 Å². The van der Waals surface area contributed by atoms with Crippen molar-refractivity contribution in [1.29, 1.82) is 0 Å². The van der Waals surface area contributed by atoms with Gasteiger partial charge in [-0.25, -0.2) is 0 Å². The second-order valence-corrected chi connectivity index (χ2v) is 6.33. The van der Waals surface area contributed by atoms with Gasteiger partial charge in [-0.3, -0.25) is 4.79 Å². The lowest BCUT2D eigenvalue weighted by Gasteiger charge is -2.41. The lowest BCUT2D eigenvalue weighted by molar-refractivity contribution is -0.00605. The van der Waals surface area contributed by atoms with Crippen LogP contribution in [0.1, 0.15) is 23.2 Å². The van der Waals surface area contributed by atoms with Crippen molar-refractivity contribution >= 4 is 17.5 Å². The Morgan fingerprint density at radius 2 is 1.95 bits per heavy atom. The van der Waals surface area contributed by atoms with E-state index in [1.54, 1.807) is 23.1 Å². The molecule has 1 saturated heterocycles. The minimum atomic E-state index is -0.285. The van der Waals surface area contributed by atoms with Crippen LogP contribution in [0, 0.1) is 0 Å². The van der Waals surface area contributed by atoms with E-state index in [0.717, 1.165) is 25.9 Å². The fourth-order valence-electron chi connectivity index (χ4n) is 3.02. The Morgan fingerprint density at radius 1 is 1.25 bits per heavy atom. The molecule has 1 amide bonds. The van der Waals surface area contributed by atoms with Crippen molar-refractivity contribution in [2.75, 3.05) is 33.7 Å². The second-order valence-electron chi connectivity index (χ2n) is 5.89. The molecular weight excluding hydrogens is 276 g/mol. The van der Waals surface area contributed by atoms with Crippen LogP contribution in [0.3, 0.4) is 0 Å². The molecular formula is C15H19ClN2O2. The molecule has 2 aliphatic rings. The number of carbonyl (C=O) groups excluding carboxylic acids is 1. The summed E-state index contributed by atoms with van der Waals surface area (Å²) < 4.78 is 6.28. The Morgan fingerprint density at radius 3 is 2.65 bits per heavy atom. The zero-order valence-electron chi connectivity index (χ0n) is 11.9. The van der Waals surface area contributed by atoms with E-state index in [9.17, 15) is 4.79 Å². The van der Waals surface area contributed by atoms with Gasteiger partial charge < -0.3 is 14.5 Å². The van der Waals surface area contributed by atoms with Crippen LogP contribution in [-0.2, 0) is 0 Å².